The van der Waals surface area contributed by atoms with E-state index in [9.17, 15) is 0 Å². The summed E-state index contributed by atoms with van der Waals surface area (Å²) in [4.78, 5) is 2.95. The second-order valence-corrected chi connectivity index (χ2v) is 6.00. The van der Waals surface area contributed by atoms with Crippen LogP contribution in [0.2, 0.25) is 0 Å². The molecule has 18 heavy (non-hydrogen) atoms. The van der Waals surface area contributed by atoms with Gasteiger partial charge in [0.2, 0.25) is 0 Å². The van der Waals surface area contributed by atoms with E-state index in [1.54, 1.807) is 0 Å². The van der Waals surface area contributed by atoms with E-state index >= 15 is 0 Å². The van der Waals surface area contributed by atoms with Gasteiger partial charge in [0.1, 0.15) is 4.99 Å². The van der Waals surface area contributed by atoms with Crippen molar-refractivity contribution in [3.8, 4) is 0 Å². The van der Waals surface area contributed by atoms with E-state index in [1.165, 1.54) is 24.1 Å². The molecule has 2 N–H and O–H groups in total. The van der Waals surface area contributed by atoms with Gasteiger partial charge in [-0.2, -0.15) is 0 Å². The van der Waals surface area contributed by atoms with Crippen molar-refractivity contribution in [1.29, 1.82) is 0 Å². The maximum atomic E-state index is 5.87. The summed E-state index contributed by atoms with van der Waals surface area (Å²) in [7, 11) is 0. The van der Waals surface area contributed by atoms with E-state index < -0.39 is 0 Å². The van der Waals surface area contributed by atoms with Crippen LogP contribution < -0.4 is 10.6 Å². The Kier molecular flexibility index (Phi) is 3.91. The highest BCUT2D eigenvalue weighted by molar-refractivity contribution is 7.80. The van der Waals surface area contributed by atoms with E-state index in [-0.39, 0.29) is 0 Å². The second-order valence-electron chi connectivity index (χ2n) is 5.56. The normalized spacial score (nSPS) is 24.1. The number of nitrogens with zero attached hydrogens (tertiary/aromatic N) is 1. The summed E-state index contributed by atoms with van der Waals surface area (Å²) in [5.74, 6) is 0.815. The summed E-state index contributed by atoms with van der Waals surface area (Å²) < 4.78 is 0. The lowest BCUT2D eigenvalue weighted by Gasteiger charge is -2.39. The molecule has 98 valence electrons. The zero-order valence-corrected chi connectivity index (χ0v) is 12.3. The Balaban J connectivity index is 2.35. The number of rotatable bonds is 2. The minimum absolute atomic E-state index is 0.500. The van der Waals surface area contributed by atoms with Crippen molar-refractivity contribution in [2.75, 3.05) is 11.4 Å². The Morgan fingerprint density at radius 1 is 1.39 bits per heavy atom. The monoisotopic (exact) mass is 262 g/mol. The number of nitrogens with two attached hydrogens (primary N) is 1. The molecule has 1 aliphatic heterocycles. The molecule has 0 bridgehead atoms. The first-order valence-electron chi connectivity index (χ1n) is 6.66. The standard InChI is InChI=1S/C15H22N2S/c1-10-4-5-14(13(9-10)15(16)18)17-7-6-11(2)8-12(17)3/h4-5,9,11-12H,6-8H2,1-3H3,(H2,16,18). The smallest absolute Gasteiger partial charge is 0.106 e. The van der Waals surface area contributed by atoms with Crippen molar-refractivity contribution >= 4 is 22.9 Å². The van der Waals surface area contributed by atoms with Crippen molar-refractivity contribution in [2.24, 2.45) is 11.7 Å². The number of piperidine rings is 1. The topological polar surface area (TPSA) is 29.3 Å². The van der Waals surface area contributed by atoms with Gasteiger partial charge in [-0.25, -0.2) is 0 Å². The lowest BCUT2D eigenvalue weighted by molar-refractivity contribution is 0.378. The molecule has 1 aromatic carbocycles. The summed E-state index contributed by atoms with van der Waals surface area (Å²) in [6.07, 6.45) is 2.49. The van der Waals surface area contributed by atoms with Crippen molar-refractivity contribution in [1.82, 2.24) is 0 Å². The lowest BCUT2D eigenvalue weighted by Crippen LogP contribution is -2.41. The fourth-order valence-corrected chi connectivity index (χ4v) is 3.03. The highest BCUT2D eigenvalue weighted by atomic mass is 32.1. The number of thiocarbonyl (C=S) groups is 1. The summed E-state index contributed by atoms with van der Waals surface area (Å²) in [5, 5.41) is 0. The van der Waals surface area contributed by atoms with Crippen LogP contribution in [-0.4, -0.2) is 17.6 Å². The van der Waals surface area contributed by atoms with Crippen LogP contribution in [0.4, 0.5) is 5.69 Å². The van der Waals surface area contributed by atoms with Gasteiger partial charge in [0.25, 0.3) is 0 Å². The Morgan fingerprint density at radius 3 is 2.72 bits per heavy atom. The molecular weight excluding hydrogens is 240 g/mol. The van der Waals surface area contributed by atoms with Crippen LogP contribution in [0.3, 0.4) is 0 Å². The molecule has 0 radical (unpaired) electrons. The van der Waals surface area contributed by atoms with E-state index in [4.69, 9.17) is 18.0 Å². The molecule has 0 aromatic heterocycles. The summed E-state index contributed by atoms with van der Waals surface area (Å²) in [6.45, 7) is 7.80. The lowest BCUT2D eigenvalue weighted by atomic mass is 9.92. The average molecular weight is 262 g/mol. The van der Waals surface area contributed by atoms with Crippen LogP contribution in [0.5, 0.6) is 0 Å². The number of hydrogen-bond donors (Lipinski definition) is 1. The Bertz CT molecular complexity index is 456. The molecule has 2 rings (SSSR count). The fourth-order valence-electron chi connectivity index (χ4n) is 2.86. The molecule has 1 aromatic rings. The first-order valence-corrected chi connectivity index (χ1v) is 7.07. The number of anilines is 1. The SMILES string of the molecule is Cc1ccc(N2CCC(C)CC2C)c(C(N)=S)c1. The van der Waals surface area contributed by atoms with Gasteiger partial charge >= 0.3 is 0 Å². The number of benzene rings is 1. The third-order valence-electron chi connectivity index (χ3n) is 3.87. The van der Waals surface area contributed by atoms with E-state index in [1.807, 2.05) is 0 Å². The minimum Gasteiger partial charge on any atom is -0.389 e. The largest absolute Gasteiger partial charge is 0.389 e. The summed E-state index contributed by atoms with van der Waals surface area (Å²) >= 11 is 5.19. The van der Waals surface area contributed by atoms with Crippen LogP contribution in [-0.2, 0) is 0 Å². The maximum Gasteiger partial charge on any atom is 0.106 e. The molecule has 0 spiro atoms. The molecular formula is C15H22N2S. The molecule has 1 saturated heterocycles. The Morgan fingerprint density at radius 2 is 2.11 bits per heavy atom. The molecule has 0 saturated carbocycles. The van der Waals surface area contributed by atoms with Crippen molar-refractivity contribution in [3.63, 3.8) is 0 Å². The van der Waals surface area contributed by atoms with Crippen molar-refractivity contribution in [2.45, 2.75) is 39.7 Å². The molecule has 1 fully saturated rings. The van der Waals surface area contributed by atoms with Gasteiger partial charge in [-0.1, -0.05) is 30.8 Å². The highest BCUT2D eigenvalue weighted by Gasteiger charge is 2.25. The maximum absolute atomic E-state index is 5.87. The first-order chi connectivity index (χ1) is 8.49. The Labute approximate surface area is 115 Å². The van der Waals surface area contributed by atoms with Gasteiger partial charge < -0.3 is 10.6 Å². The summed E-state index contributed by atoms with van der Waals surface area (Å²) in [5.41, 5.74) is 9.30. The molecule has 0 amide bonds. The zero-order chi connectivity index (χ0) is 13.3. The fraction of sp³-hybridized carbons (Fsp3) is 0.533. The highest BCUT2D eigenvalue weighted by Crippen LogP contribution is 2.30. The van der Waals surface area contributed by atoms with Gasteiger partial charge in [0.15, 0.2) is 0 Å². The van der Waals surface area contributed by atoms with E-state index in [2.05, 4.69) is 43.9 Å². The van der Waals surface area contributed by atoms with E-state index in [0.29, 0.717) is 11.0 Å². The number of hydrogen-bond acceptors (Lipinski definition) is 2. The molecule has 2 nitrogen and oxygen atoms in total. The third kappa shape index (κ3) is 2.66. The predicted molar refractivity (Wildman–Crippen MR) is 82.3 cm³/mol. The third-order valence-corrected chi connectivity index (χ3v) is 4.09. The van der Waals surface area contributed by atoms with Crippen LogP contribution >= 0.6 is 12.2 Å². The average Bonchev–Trinajstić information content (AvgIpc) is 2.29. The van der Waals surface area contributed by atoms with Crippen molar-refractivity contribution < 1.29 is 0 Å². The van der Waals surface area contributed by atoms with Crippen LogP contribution in [0.1, 0.15) is 37.8 Å². The molecule has 3 heteroatoms. The van der Waals surface area contributed by atoms with Gasteiger partial charge in [-0.3, -0.25) is 0 Å². The van der Waals surface area contributed by atoms with Gasteiger partial charge in [0.05, 0.1) is 0 Å². The molecule has 2 unspecified atom stereocenters. The zero-order valence-electron chi connectivity index (χ0n) is 11.4. The quantitative estimate of drug-likeness (QED) is 0.830. The Hall–Kier alpha value is -1.09. The second kappa shape index (κ2) is 5.27. The predicted octanol–water partition coefficient (Wildman–Crippen LogP) is 3.25. The molecule has 1 heterocycles. The van der Waals surface area contributed by atoms with Crippen molar-refractivity contribution in [3.05, 3.63) is 29.3 Å². The summed E-state index contributed by atoms with van der Waals surface area (Å²) in [6, 6.07) is 6.96. The number of aryl methyl sites for hydroxylation is 1. The van der Waals surface area contributed by atoms with Crippen LogP contribution in [0.25, 0.3) is 0 Å². The van der Waals surface area contributed by atoms with Gasteiger partial charge in [-0.05, 0) is 44.7 Å². The van der Waals surface area contributed by atoms with Gasteiger partial charge in [-0.15, -0.1) is 0 Å². The van der Waals surface area contributed by atoms with E-state index in [0.717, 1.165) is 18.0 Å². The molecule has 2 atom stereocenters. The molecule has 1 aliphatic rings. The first kappa shape index (κ1) is 13.3. The minimum atomic E-state index is 0.500. The molecule has 0 aliphatic carbocycles. The van der Waals surface area contributed by atoms with Gasteiger partial charge in [0, 0.05) is 23.8 Å². The van der Waals surface area contributed by atoms with Crippen LogP contribution in [0.15, 0.2) is 18.2 Å². The van der Waals surface area contributed by atoms with Crippen LogP contribution in [0, 0.1) is 12.8 Å².